The van der Waals surface area contributed by atoms with E-state index in [9.17, 15) is 20.2 Å². The lowest BCUT2D eigenvalue weighted by molar-refractivity contribution is -0.364. The largest absolute Gasteiger partial charge is 0.509 e. The first-order valence-electron chi connectivity index (χ1n) is 35.1. The Labute approximate surface area is 567 Å². The van der Waals surface area contributed by atoms with Gasteiger partial charge in [-0.25, -0.2) is 9.59 Å². The third-order valence-corrected chi connectivity index (χ3v) is 20.7. The van der Waals surface area contributed by atoms with Crippen molar-refractivity contribution in [3.05, 3.63) is 190 Å². The zero-order valence-corrected chi connectivity index (χ0v) is 55.6. The fraction of sp³-hybridized carbons (Fsp3) is 0.579. The van der Waals surface area contributed by atoms with Gasteiger partial charge < -0.3 is 76.2 Å². The molecule has 5 aromatic carbocycles. The fourth-order valence-corrected chi connectivity index (χ4v) is 15.7. The summed E-state index contributed by atoms with van der Waals surface area (Å²) in [6.07, 6.45) is -8.80. The number of hydrogen-bond acceptors (Lipinski definition) is 19. The number of rotatable bonds is 24. The third-order valence-electron chi connectivity index (χ3n) is 20.7. The molecule has 1 N–H and O–H groups in total. The minimum atomic E-state index is -1.60. The van der Waals surface area contributed by atoms with Crippen molar-refractivity contribution >= 4 is 12.1 Å². The Hall–Kier alpha value is -6.37. The summed E-state index contributed by atoms with van der Waals surface area (Å²) in [5.74, 6) is -2.06. The molecule has 21 heteroatoms. The molecule has 5 aromatic rings. The van der Waals surface area contributed by atoms with Crippen LogP contribution in [0.25, 0.3) is 10.4 Å². The van der Waals surface area contributed by atoms with Crippen LogP contribution in [0.2, 0.25) is 0 Å². The molecule has 8 aliphatic rings. The topological polar surface area (TPSA) is 242 Å². The van der Waals surface area contributed by atoms with Gasteiger partial charge in [-0.15, -0.1) is 0 Å². The molecule has 0 aromatic heterocycles. The van der Waals surface area contributed by atoms with Crippen LogP contribution in [0.5, 0.6) is 0 Å². The molecular weight excluding hydrogens is 1240 g/mol. The van der Waals surface area contributed by atoms with E-state index in [1.165, 1.54) is 0 Å². The maximum absolute atomic E-state index is 14.9. The molecule has 4 aliphatic heterocycles. The second-order valence-electron chi connectivity index (χ2n) is 27.8. The molecule has 21 nitrogen and oxygen atoms in total. The molecule has 19 atom stereocenters. The first kappa shape index (κ1) is 69.1. The zero-order valence-electron chi connectivity index (χ0n) is 55.6. The summed E-state index contributed by atoms with van der Waals surface area (Å²) < 4.78 is 104. The van der Waals surface area contributed by atoms with E-state index in [0.717, 1.165) is 73.6 Å². The second kappa shape index (κ2) is 32.3. The molecule has 0 amide bonds. The molecule has 0 bridgehead atoms. The molecule has 2 unspecified atom stereocenters. The van der Waals surface area contributed by atoms with Crippen molar-refractivity contribution in [1.82, 2.24) is 0 Å². The minimum Gasteiger partial charge on any atom is -0.459 e. The molecule has 4 aliphatic carbocycles. The van der Waals surface area contributed by atoms with Crippen LogP contribution in [0.15, 0.2) is 157 Å². The zero-order chi connectivity index (χ0) is 66.7. The molecular formula is C76H93N3O18. The maximum Gasteiger partial charge on any atom is 0.509 e. The van der Waals surface area contributed by atoms with Crippen molar-refractivity contribution in [3.63, 3.8) is 0 Å². The van der Waals surface area contributed by atoms with Crippen LogP contribution < -0.4 is 0 Å². The van der Waals surface area contributed by atoms with Crippen LogP contribution in [0, 0.1) is 17.8 Å². The smallest absolute Gasteiger partial charge is 0.459 e. The highest BCUT2D eigenvalue weighted by atomic mass is 16.8. The van der Waals surface area contributed by atoms with Crippen molar-refractivity contribution in [3.8, 4) is 0 Å². The Morgan fingerprint density at radius 2 is 1.02 bits per heavy atom. The van der Waals surface area contributed by atoms with Gasteiger partial charge in [-0.1, -0.05) is 185 Å². The van der Waals surface area contributed by atoms with Gasteiger partial charge in [-0.05, 0) is 96.2 Å². The highest BCUT2D eigenvalue weighted by Gasteiger charge is 2.69. The molecule has 520 valence electrons. The Balaban J connectivity index is 0.886. The van der Waals surface area contributed by atoms with E-state index >= 15 is 0 Å². The number of aliphatic hydroxyl groups excluding tert-OH is 1. The summed E-state index contributed by atoms with van der Waals surface area (Å²) in [4.78, 5) is 32.7. The molecule has 4 saturated heterocycles. The Morgan fingerprint density at radius 3 is 1.57 bits per heavy atom. The number of benzene rings is 5. The summed E-state index contributed by atoms with van der Waals surface area (Å²) in [6.45, 7) is 6.30. The number of esters is 1. The Bertz CT molecular complexity index is 3330. The lowest BCUT2D eigenvalue weighted by atomic mass is 9.75. The minimum absolute atomic E-state index is 0.0418. The van der Waals surface area contributed by atoms with Gasteiger partial charge in [0.15, 0.2) is 30.3 Å². The summed E-state index contributed by atoms with van der Waals surface area (Å²) in [7, 11) is 0. The van der Waals surface area contributed by atoms with Crippen molar-refractivity contribution in [2.75, 3.05) is 13.2 Å². The van der Waals surface area contributed by atoms with E-state index in [0.29, 0.717) is 38.0 Å². The lowest BCUT2D eigenvalue weighted by Crippen LogP contribution is -2.68. The van der Waals surface area contributed by atoms with E-state index in [1.54, 1.807) is 30.3 Å². The van der Waals surface area contributed by atoms with Gasteiger partial charge in [0.1, 0.15) is 92.0 Å². The van der Waals surface area contributed by atoms with Crippen LogP contribution in [-0.2, 0) is 97.5 Å². The second-order valence-corrected chi connectivity index (χ2v) is 27.8. The number of aliphatic hydroxyl groups is 1. The standard InChI is InChI=1S/C76H93N3O18/c1-48(2)55-36-35-49(3)41-56(55)90-74(82)93-66-65(67-69(96-75(94-67)37-21-9-22-38-75)70-68(66)95-76(97-70)39-23-10-24-40-76)92-72-59(78-79-77)63(85-44-52-29-15-6-16-30-52)62(58(88-72)47-87-71(81)54-33-19-8-20-34-54)91-73-60(80)64(86-45-53-31-17-7-18-32-53)61(84-43-51-27-13-5-14-28-51)57(89-73)46-83-42-50-25-11-4-12-26-50/h4-8,11-20,25-34,48-49,55-70,72-73,80H,9-10,21-24,35-47H2,1-3H3/t49-,55?,56?,57-,58-,59-,60+,61-,62-,63-,64-,65+,66+,67-,68+,69+,70+,72-,73-/m1/s1. The van der Waals surface area contributed by atoms with E-state index < -0.39 is 134 Å². The summed E-state index contributed by atoms with van der Waals surface area (Å²) in [5, 5.41) is 17.5. The molecule has 4 saturated carbocycles. The SMILES string of the molecule is CC(C)C1CC[C@@H](C)CC1OC(=O)O[C@H]1[C@H](O[C@H]2O[C@H](COC(=O)c3ccccc3)[C@@H](O[C@H]3O[C@H](COCc4ccccc4)[C@@H](OCc4ccccc4)[C@H](OCc4ccccc4)[C@@H]3O)[C@H](OCc3ccccc3)[C@H]2N=[N+]=[N-])[C@H]2OC3(CCCCC3)O[C@@H]2[C@H]2OC3(CCCCC3)O[C@@H]12. The Kier molecular flexibility index (Phi) is 23.0. The van der Waals surface area contributed by atoms with Crippen molar-refractivity contribution in [1.29, 1.82) is 0 Å². The van der Waals surface area contributed by atoms with Gasteiger partial charge in [0.05, 0.1) is 38.6 Å². The van der Waals surface area contributed by atoms with Crippen LogP contribution in [-0.4, -0.2) is 146 Å². The summed E-state index contributed by atoms with van der Waals surface area (Å²) in [5.41, 5.74) is 14.5. The van der Waals surface area contributed by atoms with Gasteiger partial charge in [-0.2, -0.15) is 0 Å². The number of azide groups is 1. The lowest BCUT2D eigenvalue weighted by Gasteiger charge is -2.50. The van der Waals surface area contributed by atoms with Gasteiger partial charge in [0, 0.05) is 30.6 Å². The fourth-order valence-electron chi connectivity index (χ4n) is 15.7. The highest BCUT2D eigenvalue weighted by molar-refractivity contribution is 5.89. The first-order valence-corrected chi connectivity index (χ1v) is 35.1. The number of hydrogen-bond donors (Lipinski definition) is 1. The first-order chi connectivity index (χ1) is 47.4. The van der Waals surface area contributed by atoms with Crippen molar-refractivity contribution in [2.45, 2.75) is 246 Å². The van der Waals surface area contributed by atoms with Crippen molar-refractivity contribution < 1.29 is 85.7 Å². The summed E-state index contributed by atoms with van der Waals surface area (Å²) in [6, 6.07) is 45.5. The van der Waals surface area contributed by atoms with Crippen LogP contribution >= 0.6 is 0 Å². The van der Waals surface area contributed by atoms with E-state index in [4.69, 9.17) is 71.1 Å². The molecule has 97 heavy (non-hydrogen) atoms. The van der Waals surface area contributed by atoms with Crippen LogP contribution in [0.1, 0.15) is 137 Å². The molecule has 13 rings (SSSR count). The predicted octanol–water partition coefficient (Wildman–Crippen LogP) is 13.0. The maximum atomic E-state index is 14.9. The quantitative estimate of drug-likeness (QED) is 0.0261. The number of ether oxygens (including phenoxy) is 15. The summed E-state index contributed by atoms with van der Waals surface area (Å²) >= 11 is 0. The van der Waals surface area contributed by atoms with E-state index in [1.807, 2.05) is 121 Å². The normalized spacial score (nSPS) is 33.5. The molecule has 0 radical (unpaired) electrons. The average Bonchev–Trinajstić information content (AvgIpc) is 1.57. The van der Waals surface area contributed by atoms with Gasteiger partial charge in [-0.3, -0.25) is 0 Å². The molecule has 8 fully saturated rings. The number of fused-ring (bicyclic) bond motifs is 3. The van der Waals surface area contributed by atoms with Gasteiger partial charge in [0.25, 0.3) is 0 Å². The number of carbonyl (C=O) groups is 2. The van der Waals surface area contributed by atoms with E-state index in [2.05, 4.69) is 30.8 Å². The number of nitrogens with zero attached hydrogens (tertiary/aromatic N) is 3. The Morgan fingerprint density at radius 1 is 0.546 bits per heavy atom. The monoisotopic (exact) mass is 1340 g/mol. The van der Waals surface area contributed by atoms with Crippen molar-refractivity contribution in [2.24, 2.45) is 22.9 Å². The molecule has 2 spiro atoms. The third kappa shape index (κ3) is 16.6. The van der Waals surface area contributed by atoms with E-state index in [-0.39, 0.29) is 50.4 Å². The van der Waals surface area contributed by atoms with Gasteiger partial charge >= 0.3 is 12.1 Å². The highest BCUT2D eigenvalue weighted by Crippen LogP contribution is 2.53. The number of carbonyl (C=O) groups excluding carboxylic acids is 2. The van der Waals surface area contributed by atoms with Crippen LogP contribution in [0.3, 0.4) is 0 Å². The van der Waals surface area contributed by atoms with Gasteiger partial charge in [0.2, 0.25) is 0 Å². The predicted molar refractivity (Wildman–Crippen MR) is 351 cm³/mol. The molecule has 4 heterocycles. The van der Waals surface area contributed by atoms with Crippen LogP contribution in [0.4, 0.5) is 4.79 Å². The average molecular weight is 1340 g/mol.